The number of rotatable bonds is 6. The van der Waals surface area contributed by atoms with Crippen LogP contribution in [0.3, 0.4) is 0 Å². The maximum atomic E-state index is 13.1. The number of aryl methyl sites for hydroxylation is 2. The van der Waals surface area contributed by atoms with Crippen LogP contribution in [-0.2, 0) is 17.6 Å². The van der Waals surface area contributed by atoms with Crippen molar-refractivity contribution in [2.75, 3.05) is 14.2 Å². The minimum atomic E-state index is -0.751. The van der Waals surface area contributed by atoms with Gasteiger partial charge in [-0.2, -0.15) is 5.10 Å². The highest BCUT2D eigenvalue weighted by Crippen LogP contribution is 2.33. The minimum absolute atomic E-state index is 0.173. The quantitative estimate of drug-likeness (QED) is 0.470. The Kier molecular flexibility index (Phi) is 6.03. The summed E-state index contributed by atoms with van der Waals surface area (Å²) in [6.45, 7) is 1.66. The fraction of sp³-hybridized carbons (Fsp3) is 0.364. The number of aromatic nitrogens is 2. The lowest BCUT2D eigenvalue weighted by molar-refractivity contribution is -0.123. The topological polar surface area (TPSA) is 94.8 Å². The number of benzene rings is 1. The standard InChI is InChI=1S/C22H24N4O4S/c1-13(20(27)25-24-11-14-8-9-15(29-2)10-17(14)30-3)26-12-23-21-19(22(26)28)16-6-4-5-7-18(16)31-21/h8-13H,4-7H2,1-3H3,(H,25,27). The third-order valence-corrected chi connectivity index (χ3v) is 6.72. The fourth-order valence-electron chi connectivity index (χ4n) is 3.75. The molecule has 0 radical (unpaired) electrons. The molecule has 8 nitrogen and oxygen atoms in total. The van der Waals surface area contributed by atoms with Crippen molar-refractivity contribution in [2.45, 2.75) is 38.6 Å². The molecular weight excluding hydrogens is 416 g/mol. The van der Waals surface area contributed by atoms with Gasteiger partial charge >= 0.3 is 0 Å². The smallest absolute Gasteiger partial charge is 0.263 e. The van der Waals surface area contributed by atoms with E-state index in [9.17, 15) is 9.59 Å². The van der Waals surface area contributed by atoms with Crippen molar-refractivity contribution in [1.82, 2.24) is 15.0 Å². The first-order valence-corrected chi connectivity index (χ1v) is 10.9. The highest BCUT2D eigenvalue weighted by atomic mass is 32.1. The molecule has 31 heavy (non-hydrogen) atoms. The Balaban J connectivity index is 1.53. The van der Waals surface area contributed by atoms with Crippen molar-refractivity contribution in [3.05, 3.63) is 50.9 Å². The summed E-state index contributed by atoms with van der Waals surface area (Å²) >= 11 is 1.59. The first-order valence-electron chi connectivity index (χ1n) is 10.1. The molecule has 1 N–H and O–H groups in total. The van der Waals surface area contributed by atoms with Crippen LogP contribution in [0.5, 0.6) is 11.5 Å². The molecule has 2 heterocycles. The molecule has 0 bridgehead atoms. The number of methoxy groups -OCH3 is 2. The van der Waals surface area contributed by atoms with Crippen LogP contribution >= 0.6 is 11.3 Å². The molecule has 0 saturated carbocycles. The van der Waals surface area contributed by atoms with Gasteiger partial charge in [-0.3, -0.25) is 14.2 Å². The van der Waals surface area contributed by atoms with Gasteiger partial charge in [0.25, 0.3) is 11.5 Å². The molecule has 2 aromatic heterocycles. The molecule has 0 fully saturated rings. The highest BCUT2D eigenvalue weighted by Gasteiger charge is 2.23. The Morgan fingerprint density at radius 2 is 2.10 bits per heavy atom. The zero-order valence-electron chi connectivity index (χ0n) is 17.7. The van der Waals surface area contributed by atoms with Gasteiger partial charge in [0.05, 0.1) is 32.1 Å². The SMILES string of the molecule is COc1ccc(C=NNC(=O)C(C)n2cnc3sc4c(c3c2=O)CCCC4)c(OC)c1. The minimum Gasteiger partial charge on any atom is -0.497 e. The van der Waals surface area contributed by atoms with E-state index in [2.05, 4.69) is 15.5 Å². The number of thiophene rings is 1. The maximum absolute atomic E-state index is 13.1. The van der Waals surface area contributed by atoms with Crippen LogP contribution in [0.1, 0.15) is 41.8 Å². The van der Waals surface area contributed by atoms with E-state index >= 15 is 0 Å². The summed E-state index contributed by atoms with van der Waals surface area (Å²) in [5, 5.41) is 4.69. The van der Waals surface area contributed by atoms with Crippen LogP contribution in [0.4, 0.5) is 0 Å². The summed E-state index contributed by atoms with van der Waals surface area (Å²) in [6, 6.07) is 4.53. The van der Waals surface area contributed by atoms with E-state index in [1.54, 1.807) is 50.7 Å². The summed E-state index contributed by atoms with van der Waals surface area (Å²) in [6.07, 6.45) is 7.05. The average molecular weight is 441 g/mol. The average Bonchev–Trinajstić information content (AvgIpc) is 3.18. The lowest BCUT2D eigenvalue weighted by atomic mass is 9.97. The number of amides is 1. The molecule has 1 unspecified atom stereocenters. The predicted molar refractivity (Wildman–Crippen MR) is 121 cm³/mol. The largest absolute Gasteiger partial charge is 0.497 e. The molecule has 1 atom stereocenters. The molecule has 0 saturated heterocycles. The molecule has 1 aliphatic carbocycles. The van der Waals surface area contributed by atoms with Crippen LogP contribution in [0.25, 0.3) is 10.2 Å². The molecule has 1 amide bonds. The number of hydrogen-bond donors (Lipinski definition) is 1. The number of nitrogens with zero attached hydrogens (tertiary/aromatic N) is 3. The van der Waals surface area contributed by atoms with Gasteiger partial charge < -0.3 is 9.47 Å². The first-order chi connectivity index (χ1) is 15.0. The van der Waals surface area contributed by atoms with Gasteiger partial charge in [0.15, 0.2) is 0 Å². The van der Waals surface area contributed by atoms with Gasteiger partial charge in [0.2, 0.25) is 0 Å². The molecule has 162 valence electrons. The van der Waals surface area contributed by atoms with Gasteiger partial charge in [-0.1, -0.05) is 0 Å². The lowest BCUT2D eigenvalue weighted by Crippen LogP contribution is -2.34. The summed E-state index contributed by atoms with van der Waals surface area (Å²) in [5.41, 5.74) is 4.11. The van der Waals surface area contributed by atoms with Gasteiger partial charge in [-0.05, 0) is 50.3 Å². The number of ether oxygens (including phenoxy) is 2. The Bertz CT molecular complexity index is 1210. The zero-order valence-corrected chi connectivity index (χ0v) is 18.5. The molecule has 9 heteroatoms. The van der Waals surface area contributed by atoms with E-state index in [0.717, 1.165) is 36.1 Å². The Labute approximate surface area is 183 Å². The predicted octanol–water partition coefficient (Wildman–Crippen LogP) is 3.07. The third kappa shape index (κ3) is 4.05. The van der Waals surface area contributed by atoms with Crippen molar-refractivity contribution in [2.24, 2.45) is 5.10 Å². The molecular formula is C22H24N4O4S. The zero-order chi connectivity index (χ0) is 22.0. The summed E-state index contributed by atoms with van der Waals surface area (Å²) in [5.74, 6) is 0.819. The molecule has 1 aromatic carbocycles. The second-order valence-corrected chi connectivity index (χ2v) is 8.45. The number of fused-ring (bicyclic) bond motifs is 3. The first kappa shape index (κ1) is 21.0. The van der Waals surface area contributed by atoms with Crippen molar-refractivity contribution in [3.63, 3.8) is 0 Å². The lowest BCUT2D eigenvalue weighted by Gasteiger charge is -2.14. The van der Waals surface area contributed by atoms with Gasteiger partial charge in [0, 0.05) is 16.5 Å². The van der Waals surface area contributed by atoms with Crippen LogP contribution in [0, 0.1) is 0 Å². The molecule has 0 spiro atoms. The van der Waals surface area contributed by atoms with E-state index in [-0.39, 0.29) is 5.56 Å². The van der Waals surface area contributed by atoms with E-state index in [0.29, 0.717) is 22.4 Å². The van der Waals surface area contributed by atoms with E-state index < -0.39 is 11.9 Å². The molecule has 1 aliphatic rings. The van der Waals surface area contributed by atoms with E-state index in [1.807, 2.05) is 0 Å². The van der Waals surface area contributed by atoms with Gasteiger partial charge in [-0.15, -0.1) is 11.3 Å². The molecule has 3 aromatic rings. The number of carbonyl (C=O) groups is 1. The Morgan fingerprint density at radius 1 is 1.29 bits per heavy atom. The number of hydrazone groups is 1. The van der Waals surface area contributed by atoms with Crippen molar-refractivity contribution >= 4 is 33.7 Å². The highest BCUT2D eigenvalue weighted by molar-refractivity contribution is 7.18. The third-order valence-electron chi connectivity index (χ3n) is 5.52. The monoisotopic (exact) mass is 440 g/mol. The van der Waals surface area contributed by atoms with Crippen LogP contribution in [0.15, 0.2) is 34.4 Å². The van der Waals surface area contributed by atoms with Crippen molar-refractivity contribution in [3.8, 4) is 11.5 Å². The fourth-order valence-corrected chi connectivity index (χ4v) is 4.96. The van der Waals surface area contributed by atoms with Crippen molar-refractivity contribution in [1.29, 1.82) is 0 Å². The maximum Gasteiger partial charge on any atom is 0.263 e. The summed E-state index contributed by atoms with van der Waals surface area (Å²) < 4.78 is 11.9. The van der Waals surface area contributed by atoms with Crippen LogP contribution in [-0.4, -0.2) is 35.9 Å². The van der Waals surface area contributed by atoms with E-state index in [4.69, 9.17) is 9.47 Å². The summed E-state index contributed by atoms with van der Waals surface area (Å²) in [7, 11) is 3.12. The normalized spacial score (nSPS) is 14.4. The summed E-state index contributed by atoms with van der Waals surface area (Å²) in [4.78, 5) is 32.2. The number of carbonyl (C=O) groups excluding carboxylic acids is 1. The van der Waals surface area contributed by atoms with E-state index in [1.165, 1.54) is 22.0 Å². The Morgan fingerprint density at radius 3 is 2.87 bits per heavy atom. The second kappa shape index (κ2) is 8.89. The number of nitrogens with one attached hydrogen (secondary N) is 1. The second-order valence-electron chi connectivity index (χ2n) is 7.37. The van der Waals surface area contributed by atoms with Crippen LogP contribution < -0.4 is 20.5 Å². The van der Waals surface area contributed by atoms with Crippen LogP contribution in [0.2, 0.25) is 0 Å². The van der Waals surface area contributed by atoms with Gasteiger partial charge in [0.1, 0.15) is 22.4 Å². The number of hydrogen-bond acceptors (Lipinski definition) is 7. The van der Waals surface area contributed by atoms with Crippen molar-refractivity contribution < 1.29 is 14.3 Å². The molecule has 0 aliphatic heterocycles. The molecule has 4 rings (SSSR count). The Hall–Kier alpha value is -3.20. The van der Waals surface area contributed by atoms with Gasteiger partial charge in [-0.25, -0.2) is 10.4 Å².